The van der Waals surface area contributed by atoms with E-state index in [1.165, 1.54) is 12.8 Å². The average molecular weight is 172 g/mol. The number of rotatable bonds is 6. The Hall–Kier alpha value is -0.0800. The normalized spacial score (nSPS) is 16.5. The van der Waals surface area contributed by atoms with Crippen LogP contribution < -0.4 is 5.43 Å². The lowest BCUT2D eigenvalue weighted by molar-refractivity contribution is 0.0830. The van der Waals surface area contributed by atoms with Crippen molar-refractivity contribution in [2.45, 2.75) is 59.5 Å². The molecule has 0 spiro atoms. The highest BCUT2D eigenvalue weighted by Crippen LogP contribution is 2.07. The predicted molar refractivity (Wildman–Crippen MR) is 55.0 cm³/mol. The van der Waals surface area contributed by atoms with Gasteiger partial charge >= 0.3 is 0 Å². The third kappa shape index (κ3) is 3.55. The maximum absolute atomic E-state index is 3.42. The van der Waals surface area contributed by atoms with E-state index in [1.54, 1.807) is 0 Å². The van der Waals surface area contributed by atoms with Crippen molar-refractivity contribution in [2.75, 3.05) is 6.54 Å². The van der Waals surface area contributed by atoms with Crippen LogP contribution in [0, 0.1) is 0 Å². The molecule has 0 aromatic heterocycles. The van der Waals surface area contributed by atoms with Crippen LogP contribution in [0.1, 0.15) is 47.5 Å². The van der Waals surface area contributed by atoms with Crippen molar-refractivity contribution in [1.29, 1.82) is 0 Å². The van der Waals surface area contributed by atoms with E-state index in [9.17, 15) is 0 Å². The molecule has 0 aliphatic carbocycles. The summed E-state index contributed by atoms with van der Waals surface area (Å²) in [5.74, 6) is 0. The Balaban J connectivity index is 4.01. The summed E-state index contributed by atoms with van der Waals surface area (Å²) in [5.41, 5.74) is 3.42. The SMILES string of the molecule is CCNN(C(C)CC)C(C)CC. The van der Waals surface area contributed by atoms with Gasteiger partial charge in [0, 0.05) is 18.6 Å². The molecule has 2 unspecified atom stereocenters. The van der Waals surface area contributed by atoms with Crippen molar-refractivity contribution in [1.82, 2.24) is 10.4 Å². The van der Waals surface area contributed by atoms with Gasteiger partial charge in [0.2, 0.25) is 0 Å². The summed E-state index contributed by atoms with van der Waals surface area (Å²) < 4.78 is 0. The summed E-state index contributed by atoms with van der Waals surface area (Å²) in [5, 5.41) is 2.38. The molecule has 0 fully saturated rings. The predicted octanol–water partition coefficient (Wildman–Crippen LogP) is 2.41. The Bertz CT molecular complexity index is 94.0. The molecule has 0 amide bonds. The van der Waals surface area contributed by atoms with E-state index < -0.39 is 0 Å². The Labute approximate surface area is 77.3 Å². The molecule has 0 saturated heterocycles. The van der Waals surface area contributed by atoms with Crippen molar-refractivity contribution in [3.8, 4) is 0 Å². The van der Waals surface area contributed by atoms with Gasteiger partial charge < -0.3 is 0 Å². The zero-order chi connectivity index (χ0) is 9.56. The Morgan fingerprint density at radius 2 is 1.42 bits per heavy atom. The highest BCUT2D eigenvalue weighted by atomic mass is 15.5. The van der Waals surface area contributed by atoms with Crippen LogP contribution in [0.4, 0.5) is 0 Å². The molecule has 2 nitrogen and oxygen atoms in total. The average Bonchev–Trinajstić information content (AvgIpc) is 2.11. The summed E-state index contributed by atoms with van der Waals surface area (Å²) in [6, 6.07) is 1.28. The van der Waals surface area contributed by atoms with Gasteiger partial charge in [0.25, 0.3) is 0 Å². The minimum absolute atomic E-state index is 0.639. The molecule has 0 aliphatic rings. The van der Waals surface area contributed by atoms with Gasteiger partial charge in [0.1, 0.15) is 0 Å². The zero-order valence-electron chi connectivity index (χ0n) is 9.22. The Morgan fingerprint density at radius 3 is 1.67 bits per heavy atom. The van der Waals surface area contributed by atoms with Crippen LogP contribution in [0.5, 0.6) is 0 Å². The monoisotopic (exact) mass is 172 g/mol. The standard InChI is InChI=1S/C10H24N2/c1-6-9(4)12(11-8-3)10(5)7-2/h9-11H,6-8H2,1-5H3. The second-order valence-corrected chi connectivity index (χ2v) is 3.43. The molecule has 2 heteroatoms. The molecule has 0 aromatic rings. The van der Waals surface area contributed by atoms with Gasteiger partial charge in [-0.2, -0.15) is 0 Å². The fourth-order valence-electron chi connectivity index (χ4n) is 1.32. The minimum Gasteiger partial charge on any atom is -0.255 e. The minimum atomic E-state index is 0.639. The van der Waals surface area contributed by atoms with Gasteiger partial charge in [-0.1, -0.05) is 20.8 Å². The lowest BCUT2D eigenvalue weighted by atomic mass is 10.2. The quantitative estimate of drug-likeness (QED) is 0.619. The molecule has 0 heterocycles. The van der Waals surface area contributed by atoms with E-state index in [0.29, 0.717) is 12.1 Å². The first-order chi connectivity index (χ1) is 5.67. The van der Waals surface area contributed by atoms with E-state index in [4.69, 9.17) is 0 Å². The van der Waals surface area contributed by atoms with Gasteiger partial charge in [-0.25, -0.2) is 5.01 Å². The second-order valence-electron chi connectivity index (χ2n) is 3.43. The highest BCUT2D eigenvalue weighted by molar-refractivity contribution is 4.67. The molecule has 12 heavy (non-hydrogen) atoms. The Kier molecular flexibility index (Phi) is 6.39. The van der Waals surface area contributed by atoms with E-state index >= 15 is 0 Å². The summed E-state index contributed by atoms with van der Waals surface area (Å²) in [4.78, 5) is 0. The van der Waals surface area contributed by atoms with E-state index in [0.717, 1.165) is 6.54 Å². The molecule has 0 aliphatic heterocycles. The number of hydrazine groups is 1. The van der Waals surface area contributed by atoms with Gasteiger partial charge in [-0.05, 0) is 26.7 Å². The molecule has 0 rings (SSSR count). The lowest BCUT2D eigenvalue weighted by Gasteiger charge is -2.33. The van der Waals surface area contributed by atoms with Gasteiger partial charge in [0.05, 0.1) is 0 Å². The van der Waals surface area contributed by atoms with Crippen LogP contribution in [-0.2, 0) is 0 Å². The first-order valence-electron chi connectivity index (χ1n) is 5.19. The largest absolute Gasteiger partial charge is 0.255 e. The van der Waals surface area contributed by atoms with E-state index in [1.807, 2.05) is 0 Å². The van der Waals surface area contributed by atoms with Crippen molar-refractivity contribution in [3.63, 3.8) is 0 Å². The maximum atomic E-state index is 3.42. The van der Waals surface area contributed by atoms with Crippen LogP contribution in [-0.4, -0.2) is 23.6 Å². The third-order valence-corrected chi connectivity index (χ3v) is 2.47. The van der Waals surface area contributed by atoms with Crippen LogP contribution >= 0.6 is 0 Å². The van der Waals surface area contributed by atoms with Crippen LogP contribution in [0.15, 0.2) is 0 Å². The smallest absolute Gasteiger partial charge is 0.0215 e. The maximum Gasteiger partial charge on any atom is 0.0215 e. The van der Waals surface area contributed by atoms with Crippen molar-refractivity contribution in [3.05, 3.63) is 0 Å². The molecule has 0 radical (unpaired) electrons. The van der Waals surface area contributed by atoms with Crippen LogP contribution in [0.25, 0.3) is 0 Å². The molecule has 74 valence electrons. The number of nitrogens with zero attached hydrogens (tertiary/aromatic N) is 1. The topological polar surface area (TPSA) is 15.3 Å². The summed E-state index contributed by atoms with van der Waals surface area (Å²) in [6.45, 7) is 12.2. The molecule has 1 N–H and O–H groups in total. The third-order valence-electron chi connectivity index (χ3n) is 2.47. The van der Waals surface area contributed by atoms with E-state index in [2.05, 4.69) is 45.1 Å². The van der Waals surface area contributed by atoms with Crippen molar-refractivity contribution < 1.29 is 0 Å². The van der Waals surface area contributed by atoms with Crippen molar-refractivity contribution in [2.24, 2.45) is 0 Å². The lowest BCUT2D eigenvalue weighted by Crippen LogP contribution is -2.49. The number of hydrogen-bond acceptors (Lipinski definition) is 2. The first-order valence-corrected chi connectivity index (χ1v) is 5.19. The number of hydrogen-bond donors (Lipinski definition) is 1. The first kappa shape index (κ1) is 11.9. The summed E-state index contributed by atoms with van der Waals surface area (Å²) in [6.07, 6.45) is 2.41. The molecule has 0 bridgehead atoms. The zero-order valence-corrected chi connectivity index (χ0v) is 9.22. The van der Waals surface area contributed by atoms with E-state index in [-0.39, 0.29) is 0 Å². The van der Waals surface area contributed by atoms with Gasteiger partial charge in [-0.3, -0.25) is 5.43 Å². The highest BCUT2D eigenvalue weighted by Gasteiger charge is 2.15. The summed E-state index contributed by atoms with van der Waals surface area (Å²) in [7, 11) is 0. The molecule has 2 atom stereocenters. The van der Waals surface area contributed by atoms with Gasteiger partial charge in [-0.15, -0.1) is 0 Å². The molecule has 0 saturated carbocycles. The van der Waals surface area contributed by atoms with Crippen LogP contribution in [0.2, 0.25) is 0 Å². The summed E-state index contributed by atoms with van der Waals surface area (Å²) >= 11 is 0. The van der Waals surface area contributed by atoms with Crippen LogP contribution in [0.3, 0.4) is 0 Å². The molecular formula is C10H24N2. The molecule has 0 aromatic carbocycles. The Morgan fingerprint density at radius 1 is 1.00 bits per heavy atom. The van der Waals surface area contributed by atoms with Crippen molar-refractivity contribution >= 4 is 0 Å². The fraction of sp³-hybridized carbons (Fsp3) is 1.00. The second kappa shape index (κ2) is 6.44. The number of nitrogens with one attached hydrogen (secondary N) is 1. The van der Waals surface area contributed by atoms with Gasteiger partial charge in [0.15, 0.2) is 0 Å². The molecular weight excluding hydrogens is 148 g/mol. The fourth-order valence-corrected chi connectivity index (χ4v) is 1.32.